The van der Waals surface area contributed by atoms with Crippen molar-refractivity contribution < 1.29 is 9.59 Å². The highest BCUT2D eigenvalue weighted by Crippen LogP contribution is 2.37. The number of anilines is 2. The van der Waals surface area contributed by atoms with E-state index in [1.54, 1.807) is 11.8 Å². The highest BCUT2D eigenvalue weighted by Gasteiger charge is 2.31. The van der Waals surface area contributed by atoms with Gasteiger partial charge in [0.2, 0.25) is 11.8 Å². The summed E-state index contributed by atoms with van der Waals surface area (Å²) >= 11 is 1.70. The van der Waals surface area contributed by atoms with Gasteiger partial charge in [-0.2, -0.15) is 0 Å². The third-order valence-corrected chi connectivity index (χ3v) is 7.79. The van der Waals surface area contributed by atoms with Gasteiger partial charge in [-0.15, -0.1) is 11.8 Å². The zero-order valence-corrected chi connectivity index (χ0v) is 21.6. The van der Waals surface area contributed by atoms with E-state index in [1.165, 1.54) is 10.5 Å². The van der Waals surface area contributed by atoms with Crippen LogP contribution >= 0.6 is 11.8 Å². The van der Waals surface area contributed by atoms with Crippen LogP contribution in [-0.2, 0) is 9.59 Å². The van der Waals surface area contributed by atoms with Crippen molar-refractivity contribution >= 4 is 56.8 Å². The first-order chi connectivity index (χ1) is 17.9. The van der Waals surface area contributed by atoms with Crippen LogP contribution in [0.15, 0.2) is 71.6 Å². The number of aromatic nitrogens is 1. The number of fused-ring (bicyclic) bond motifs is 2. The summed E-state index contributed by atoms with van der Waals surface area (Å²) in [6.45, 7) is 0.734. The molecule has 1 aliphatic rings. The molecule has 5 rings (SSSR count). The highest BCUT2D eigenvalue weighted by atomic mass is 32.2. The van der Waals surface area contributed by atoms with Gasteiger partial charge >= 0.3 is 0 Å². The normalized spacial score (nSPS) is 16.3. The molecule has 1 fully saturated rings. The summed E-state index contributed by atoms with van der Waals surface area (Å²) in [5.41, 5.74) is 16.1. The Hall–Kier alpha value is -3.62. The molecule has 5 N–H and O–H groups in total. The average molecular weight is 514 g/mol. The number of pyridine rings is 1. The number of amides is 2. The van der Waals surface area contributed by atoms with Crippen molar-refractivity contribution in [2.45, 2.75) is 42.7 Å². The molecule has 2 amide bonds. The predicted molar refractivity (Wildman–Crippen MR) is 151 cm³/mol. The quantitative estimate of drug-likeness (QED) is 0.180. The number of benzene rings is 3. The van der Waals surface area contributed by atoms with Crippen LogP contribution in [0.2, 0.25) is 0 Å². The Morgan fingerprint density at radius 2 is 1.84 bits per heavy atom. The van der Waals surface area contributed by atoms with Crippen LogP contribution in [0.1, 0.15) is 37.3 Å². The molecule has 4 aromatic rings. The molecule has 1 aromatic heterocycles. The number of carbonyl (C=O) groups excluding carboxylic acids is 2. The lowest BCUT2D eigenvalue weighted by atomic mass is 10.0. The second-order valence-electron chi connectivity index (χ2n) is 9.47. The SMILES string of the molecule is CSc1ccccc1C1CCCN1C(=O)CCC(N)C(=O)Nc1ccc2cc3ccc(N)cc3nc2c1. The summed E-state index contributed by atoms with van der Waals surface area (Å²) in [5, 5.41) is 4.85. The number of rotatable bonds is 7. The third-order valence-electron chi connectivity index (χ3n) is 6.98. The van der Waals surface area contributed by atoms with Gasteiger partial charge in [-0.05, 0) is 67.5 Å². The Balaban J connectivity index is 1.21. The Morgan fingerprint density at radius 1 is 1.08 bits per heavy atom. The van der Waals surface area contributed by atoms with Crippen molar-refractivity contribution in [2.24, 2.45) is 5.73 Å². The molecule has 0 radical (unpaired) electrons. The largest absolute Gasteiger partial charge is 0.399 e. The number of thioether (sulfide) groups is 1. The van der Waals surface area contributed by atoms with Crippen molar-refractivity contribution in [1.82, 2.24) is 9.88 Å². The lowest BCUT2D eigenvalue weighted by Gasteiger charge is -2.27. The van der Waals surface area contributed by atoms with Crippen molar-refractivity contribution in [2.75, 3.05) is 23.9 Å². The maximum absolute atomic E-state index is 13.1. The summed E-state index contributed by atoms with van der Waals surface area (Å²) in [7, 11) is 0. The molecule has 37 heavy (non-hydrogen) atoms. The number of carbonyl (C=O) groups is 2. The molecule has 2 heterocycles. The molecule has 1 saturated heterocycles. The summed E-state index contributed by atoms with van der Waals surface area (Å²) in [6.07, 6.45) is 4.51. The molecule has 1 aliphatic heterocycles. The highest BCUT2D eigenvalue weighted by molar-refractivity contribution is 7.98. The molecule has 2 unspecified atom stereocenters. The van der Waals surface area contributed by atoms with E-state index in [0.717, 1.165) is 41.2 Å². The molecule has 8 heteroatoms. The van der Waals surface area contributed by atoms with E-state index in [9.17, 15) is 9.59 Å². The average Bonchev–Trinajstić information content (AvgIpc) is 3.40. The molecule has 2 atom stereocenters. The van der Waals surface area contributed by atoms with Gasteiger partial charge in [-0.1, -0.05) is 30.3 Å². The molecule has 0 saturated carbocycles. The van der Waals surface area contributed by atoms with Crippen LogP contribution in [-0.4, -0.2) is 40.5 Å². The molecular weight excluding hydrogens is 482 g/mol. The van der Waals surface area contributed by atoms with Crippen molar-refractivity contribution in [3.8, 4) is 0 Å². The van der Waals surface area contributed by atoms with Crippen molar-refractivity contribution in [1.29, 1.82) is 0 Å². The van der Waals surface area contributed by atoms with Gasteiger partial charge in [0.05, 0.1) is 23.1 Å². The Labute approximate surface area is 220 Å². The Morgan fingerprint density at radius 3 is 2.65 bits per heavy atom. The van der Waals surface area contributed by atoms with Gasteiger partial charge in [0, 0.05) is 40.0 Å². The summed E-state index contributed by atoms with van der Waals surface area (Å²) in [5.74, 6) is -0.273. The molecule has 190 valence electrons. The van der Waals surface area contributed by atoms with Crippen LogP contribution in [0.4, 0.5) is 11.4 Å². The van der Waals surface area contributed by atoms with E-state index in [-0.39, 0.29) is 30.7 Å². The maximum Gasteiger partial charge on any atom is 0.241 e. The number of nitrogens with two attached hydrogens (primary N) is 2. The van der Waals surface area contributed by atoms with Crippen LogP contribution < -0.4 is 16.8 Å². The number of nitrogen functional groups attached to an aromatic ring is 1. The lowest BCUT2D eigenvalue weighted by Crippen LogP contribution is -2.38. The minimum absolute atomic E-state index is 0.0442. The number of nitrogens with one attached hydrogen (secondary N) is 1. The third kappa shape index (κ3) is 5.40. The smallest absolute Gasteiger partial charge is 0.241 e. The van der Waals surface area contributed by atoms with Gasteiger partial charge in [-0.25, -0.2) is 4.98 Å². The molecule has 3 aromatic carbocycles. The van der Waals surface area contributed by atoms with Crippen LogP contribution in [0.3, 0.4) is 0 Å². The fourth-order valence-electron chi connectivity index (χ4n) is 5.04. The molecule has 0 aliphatic carbocycles. The van der Waals surface area contributed by atoms with Crippen LogP contribution in [0, 0.1) is 0 Å². The van der Waals surface area contributed by atoms with E-state index in [1.807, 2.05) is 59.5 Å². The minimum Gasteiger partial charge on any atom is -0.399 e. The monoisotopic (exact) mass is 513 g/mol. The Bertz CT molecular complexity index is 1470. The van der Waals surface area contributed by atoms with Gasteiger partial charge in [-0.3, -0.25) is 9.59 Å². The summed E-state index contributed by atoms with van der Waals surface area (Å²) < 4.78 is 0. The summed E-state index contributed by atoms with van der Waals surface area (Å²) in [6, 6.07) is 20.8. The van der Waals surface area contributed by atoms with Crippen LogP contribution in [0.5, 0.6) is 0 Å². The van der Waals surface area contributed by atoms with E-state index < -0.39 is 6.04 Å². The van der Waals surface area contributed by atoms with E-state index in [4.69, 9.17) is 11.5 Å². The summed E-state index contributed by atoms with van der Waals surface area (Å²) in [4.78, 5) is 33.7. The van der Waals surface area contributed by atoms with Gasteiger partial charge < -0.3 is 21.7 Å². The first-order valence-corrected chi connectivity index (χ1v) is 13.7. The van der Waals surface area contributed by atoms with E-state index >= 15 is 0 Å². The maximum atomic E-state index is 13.1. The molecule has 0 spiro atoms. The van der Waals surface area contributed by atoms with Gasteiger partial charge in [0.25, 0.3) is 0 Å². The molecule has 0 bridgehead atoms. The van der Waals surface area contributed by atoms with Crippen molar-refractivity contribution in [3.05, 3.63) is 72.3 Å². The zero-order valence-electron chi connectivity index (χ0n) is 20.8. The number of likely N-dealkylation sites (tertiary alicyclic amines) is 1. The molecular formula is C29H31N5O2S. The lowest BCUT2D eigenvalue weighted by molar-refractivity contribution is -0.132. The first-order valence-electron chi connectivity index (χ1n) is 12.5. The minimum atomic E-state index is -0.788. The number of nitrogens with zero attached hydrogens (tertiary/aromatic N) is 2. The second-order valence-corrected chi connectivity index (χ2v) is 10.3. The first kappa shape index (κ1) is 25.0. The number of hydrogen-bond donors (Lipinski definition) is 3. The fraction of sp³-hybridized carbons (Fsp3) is 0.276. The predicted octanol–water partition coefficient (Wildman–Crippen LogP) is 5.10. The standard InChI is InChI=1S/C29H31N5O2S/c1-37-27-7-3-2-5-22(27)26-6-4-14-34(26)28(35)13-12-23(31)29(36)32-21-11-9-19-15-18-8-10-20(30)16-24(18)33-25(19)17-21/h2-3,5,7-11,15-17,23,26H,4,6,12-14,30-31H2,1H3,(H,32,36). The van der Waals surface area contributed by atoms with Gasteiger partial charge in [0.15, 0.2) is 0 Å². The van der Waals surface area contributed by atoms with Crippen LogP contribution in [0.25, 0.3) is 21.8 Å². The van der Waals surface area contributed by atoms with Gasteiger partial charge in [0.1, 0.15) is 0 Å². The number of hydrogen-bond acceptors (Lipinski definition) is 6. The molecule has 7 nitrogen and oxygen atoms in total. The fourth-order valence-corrected chi connectivity index (χ4v) is 5.69. The second kappa shape index (κ2) is 10.8. The van der Waals surface area contributed by atoms with Crippen molar-refractivity contribution in [3.63, 3.8) is 0 Å². The van der Waals surface area contributed by atoms with E-state index in [0.29, 0.717) is 11.4 Å². The van der Waals surface area contributed by atoms with E-state index in [2.05, 4.69) is 28.7 Å². The zero-order chi connectivity index (χ0) is 25.9. The Kier molecular flexibility index (Phi) is 7.30. The topological polar surface area (TPSA) is 114 Å².